The number of methoxy groups -OCH3 is 1. The van der Waals surface area contributed by atoms with Crippen LogP contribution in [0.1, 0.15) is 48.1 Å². The third kappa shape index (κ3) is 1.90. The van der Waals surface area contributed by atoms with Gasteiger partial charge in [-0.1, -0.05) is 12.2 Å². The Morgan fingerprint density at radius 1 is 1.45 bits per heavy atom. The summed E-state index contributed by atoms with van der Waals surface area (Å²) >= 11 is 0. The number of ether oxygens (including phenoxy) is 2. The van der Waals surface area contributed by atoms with Crippen LogP contribution in [-0.4, -0.2) is 24.8 Å². The third-order valence-corrected chi connectivity index (χ3v) is 4.39. The molecule has 2 aliphatic rings. The van der Waals surface area contributed by atoms with Gasteiger partial charge in [0.2, 0.25) is 0 Å². The smallest absolute Gasteiger partial charge is 0.341 e. The molecule has 108 valence electrons. The zero-order valence-corrected chi connectivity index (χ0v) is 12.3. The molecule has 2 heterocycles. The maximum atomic E-state index is 11.7. The van der Waals surface area contributed by atoms with Crippen molar-refractivity contribution < 1.29 is 18.7 Å². The number of furan rings is 1. The number of fused-ring (bicyclic) bond motifs is 1. The number of esters is 1. The molecule has 1 aliphatic carbocycles. The van der Waals surface area contributed by atoms with Crippen molar-refractivity contribution in [3.05, 3.63) is 35.3 Å². The first kappa shape index (κ1) is 13.4. The van der Waals surface area contributed by atoms with Crippen LogP contribution in [0.25, 0.3) is 0 Å². The third-order valence-electron chi connectivity index (χ3n) is 4.39. The Bertz CT molecular complexity index is 567. The SMILES string of the molecule is COC(=O)c1cc(C2[C@H]3C=CC[C@H]3OC2(C)C)oc1C. The minimum absolute atomic E-state index is 0.128. The van der Waals surface area contributed by atoms with E-state index >= 15 is 0 Å². The van der Waals surface area contributed by atoms with Gasteiger partial charge in [0.05, 0.1) is 24.7 Å². The van der Waals surface area contributed by atoms with Crippen molar-refractivity contribution in [1.29, 1.82) is 0 Å². The molecule has 4 heteroatoms. The van der Waals surface area contributed by atoms with E-state index in [1.807, 2.05) is 6.07 Å². The highest BCUT2D eigenvalue weighted by molar-refractivity contribution is 5.90. The minimum Gasteiger partial charge on any atom is -0.465 e. The zero-order chi connectivity index (χ0) is 14.5. The zero-order valence-electron chi connectivity index (χ0n) is 12.3. The summed E-state index contributed by atoms with van der Waals surface area (Å²) in [7, 11) is 1.38. The van der Waals surface area contributed by atoms with Gasteiger partial charge in [0.15, 0.2) is 0 Å². The van der Waals surface area contributed by atoms with Gasteiger partial charge in [-0.05, 0) is 33.3 Å². The standard InChI is InChI=1S/C16H20O4/c1-9-11(15(17)18-4)8-13(19-9)14-10-6-5-7-12(10)20-16(14,2)3/h5-6,8,10,12,14H,7H2,1-4H3/t10-,12+,14?/m0/s1. The molecule has 0 aromatic carbocycles. The van der Waals surface area contributed by atoms with E-state index in [0.29, 0.717) is 17.2 Å². The molecule has 0 bridgehead atoms. The van der Waals surface area contributed by atoms with Gasteiger partial charge in [0.25, 0.3) is 0 Å². The lowest BCUT2D eigenvalue weighted by Gasteiger charge is -2.26. The summed E-state index contributed by atoms with van der Waals surface area (Å²) < 4.78 is 16.8. The summed E-state index contributed by atoms with van der Waals surface area (Å²) in [4.78, 5) is 11.7. The van der Waals surface area contributed by atoms with Gasteiger partial charge < -0.3 is 13.9 Å². The van der Waals surface area contributed by atoms with Crippen LogP contribution in [0, 0.1) is 12.8 Å². The van der Waals surface area contributed by atoms with Crippen molar-refractivity contribution in [2.45, 2.75) is 44.8 Å². The molecule has 0 N–H and O–H groups in total. The molecule has 3 rings (SSSR count). The van der Waals surface area contributed by atoms with Crippen LogP contribution in [0.3, 0.4) is 0 Å². The molecular formula is C16H20O4. The summed E-state index contributed by atoms with van der Waals surface area (Å²) in [6.45, 7) is 5.96. The molecule has 1 aromatic heterocycles. The highest BCUT2D eigenvalue weighted by Crippen LogP contribution is 2.51. The Labute approximate surface area is 118 Å². The van der Waals surface area contributed by atoms with E-state index in [0.717, 1.165) is 12.2 Å². The molecule has 20 heavy (non-hydrogen) atoms. The van der Waals surface area contributed by atoms with Gasteiger partial charge in [-0.3, -0.25) is 0 Å². The number of hydrogen-bond donors (Lipinski definition) is 0. The molecule has 1 aliphatic heterocycles. The van der Waals surface area contributed by atoms with E-state index in [9.17, 15) is 4.79 Å². The van der Waals surface area contributed by atoms with E-state index in [1.54, 1.807) is 6.92 Å². The molecule has 0 saturated carbocycles. The average molecular weight is 276 g/mol. The van der Waals surface area contributed by atoms with Crippen LogP contribution in [0.5, 0.6) is 0 Å². The summed E-state index contributed by atoms with van der Waals surface area (Å²) in [6.07, 6.45) is 5.55. The molecule has 1 saturated heterocycles. The molecule has 4 nitrogen and oxygen atoms in total. The Kier molecular flexibility index (Phi) is 3.01. The Morgan fingerprint density at radius 3 is 2.90 bits per heavy atom. The second-order valence-corrected chi connectivity index (χ2v) is 6.09. The molecule has 1 aromatic rings. The minimum atomic E-state index is -0.354. The average Bonchev–Trinajstić information content (AvgIpc) is 3.01. The monoisotopic (exact) mass is 276 g/mol. The van der Waals surface area contributed by atoms with E-state index in [-0.39, 0.29) is 23.6 Å². The number of hydrogen-bond acceptors (Lipinski definition) is 4. The fourth-order valence-corrected chi connectivity index (χ4v) is 3.53. The van der Waals surface area contributed by atoms with E-state index in [4.69, 9.17) is 13.9 Å². The topological polar surface area (TPSA) is 48.7 Å². The number of carbonyl (C=O) groups is 1. The normalized spacial score (nSPS) is 30.5. The van der Waals surface area contributed by atoms with Crippen LogP contribution >= 0.6 is 0 Å². The van der Waals surface area contributed by atoms with Gasteiger partial charge in [0, 0.05) is 5.92 Å². The van der Waals surface area contributed by atoms with Gasteiger partial charge in [-0.15, -0.1) is 0 Å². The molecule has 0 radical (unpaired) electrons. The maximum Gasteiger partial charge on any atom is 0.341 e. The number of aryl methyl sites for hydroxylation is 1. The summed E-state index contributed by atoms with van der Waals surface area (Å²) in [5.74, 6) is 1.51. The number of rotatable bonds is 2. The Morgan fingerprint density at radius 2 is 2.20 bits per heavy atom. The first-order chi connectivity index (χ1) is 9.44. The predicted octanol–water partition coefficient (Wildman–Crippen LogP) is 3.21. The van der Waals surface area contributed by atoms with Gasteiger partial charge >= 0.3 is 5.97 Å². The fourth-order valence-electron chi connectivity index (χ4n) is 3.53. The highest BCUT2D eigenvalue weighted by atomic mass is 16.5. The van der Waals surface area contributed by atoms with Gasteiger partial charge in [-0.2, -0.15) is 0 Å². The van der Waals surface area contributed by atoms with Crippen LogP contribution in [0.2, 0.25) is 0 Å². The maximum absolute atomic E-state index is 11.7. The van der Waals surface area contributed by atoms with Crippen molar-refractivity contribution in [1.82, 2.24) is 0 Å². The van der Waals surface area contributed by atoms with Crippen molar-refractivity contribution in [2.75, 3.05) is 7.11 Å². The molecule has 3 atom stereocenters. The van der Waals surface area contributed by atoms with Crippen LogP contribution in [0.4, 0.5) is 0 Å². The quantitative estimate of drug-likeness (QED) is 0.614. The second-order valence-electron chi connectivity index (χ2n) is 6.09. The Balaban J connectivity index is 1.99. The first-order valence-electron chi connectivity index (χ1n) is 6.97. The fraction of sp³-hybridized carbons (Fsp3) is 0.562. The molecule has 0 amide bonds. The summed E-state index contributed by atoms with van der Waals surface area (Å²) in [5, 5.41) is 0. The lowest BCUT2D eigenvalue weighted by atomic mass is 9.80. The summed E-state index contributed by atoms with van der Waals surface area (Å²) in [5.41, 5.74) is 0.210. The predicted molar refractivity (Wildman–Crippen MR) is 73.7 cm³/mol. The van der Waals surface area contributed by atoms with Crippen LogP contribution < -0.4 is 0 Å². The van der Waals surface area contributed by atoms with Crippen LogP contribution in [0.15, 0.2) is 22.6 Å². The van der Waals surface area contributed by atoms with Crippen molar-refractivity contribution >= 4 is 5.97 Å². The molecule has 0 spiro atoms. The second kappa shape index (κ2) is 4.48. The summed E-state index contributed by atoms with van der Waals surface area (Å²) in [6, 6.07) is 1.81. The van der Waals surface area contributed by atoms with Crippen molar-refractivity contribution in [3.8, 4) is 0 Å². The first-order valence-corrected chi connectivity index (χ1v) is 6.97. The number of carbonyl (C=O) groups excluding carboxylic acids is 1. The molecular weight excluding hydrogens is 256 g/mol. The van der Waals surface area contributed by atoms with Crippen molar-refractivity contribution in [2.24, 2.45) is 5.92 Å². The lowest BCUT2D eigenvalue weighted by Crippen LogP contribution is -2.27. The lowest BCUT2D eigenvalue weighted by molar-refractivity contribution is -0.0220. The molecule has 1 fully saturated rings. The molecule has 1 unspecified atom stereocenters. The largest absolute Gasteiger partial charge is 0.465 e. The van der Waals surface area contributed by atoms with Gasteiger partial charge in [-0.25, -0.2) is 4.79 Å². The van der Waals surface area contributed by atoms with E-state index in [2.05, 4.69) is 26.0 Å². The van der Waals surface area contributed by atoms with E-state index < -0.39 is 0 Å². The van der Waals surface area contributed by atoms with Crippen LogP contribution in [-0.2, 0) is 9.47 Å². The van der Waals surface area contributed by atoms with E-state index in [1.165, 1.54) is 7.11 Å². The highest BCUT2D eigenvalue weighted by Gasteiger charge is 2.51. The Hall–Kier alpha value is -1.55. The van der Waals surface area contributed by atoms with Gasteiger partial charge in [0.1, 0.15) is 17.1 Å². The van der Waals surface area contributed by atoms with Crippen molar-refractivity contribution in [3.63, 3.8) is 0 Å².